The van der Waals surface area contributed by atoms with Crippen molar-refractivity contribution in [2.45, 2.75) is 333 Å². The predicted octanol–water partition coefficient (Wildman–Crippen LogP) is 9.08. The van der Waals surface area contributed by atoms with Gasteiger partial charge in [-0.15, -0.1) is 0 Å². The molecule has 0 radical (unpaired) electrons. The van der Waals surface area contributed by atoms with Gasteiger partial charge in [-0.05, 0) is 117 Å². The minimum atomic E-state index is -1.22. The fraction of sp³-hybridized carbons (Fsp3) is 0.821. The van der Waals surface area contributed by atoms with Gasteiger partial charge in [0.05, 0.1) is 128 Å². The van der Waals surface area contributed by atoms with Crippen LogP contribution in [0.1, 0.15) is 192 Å². The van der Waals surface area contributed by atoms with Gasteiger partial charge in [-0.1, -0.05) is 115 Å². The summed E-state index contributed by atoms with van der Waals surface area (Å²) in [5, 5.41) is 106. The number of ether oxygens (including phenoxy) is 10. The lowest BCUT2D eigenvalue weighted by molar-refractivity contribution is -0.160. The number of hydrogen-bond acceptors (Lipinski definition) is 21. The summed E-state index contributed by atoms with van der Waals surface area (Å²) >= 11 is 0. The Kier molecular flexibility index (Phi) is 37.7. The van der Waals surface area contributed by atoms with Crippen molar-refractivity contribution in [3.05, 3.63) is 71.9 Å². The van der Waals surface area contributed by atoms with Crippen LogP contribution in [-0.2, 0) is 57.0 Å². The first kappa shape index (κ1) is 86.3. The van der Waals surface area contributed by atoms with E-state index < -0.39 is 151 Å². The molecular formula is C78H132O21. The molecule has 21 nitrogen and oxygen atoms in total. The molecule has 2 fully saturated rings. The number of esters is 2. The van der Waals surface area contributed by atoms with Crippen LogP contribution in [0.2, 0.25) is 0 Å². The lowest BCUT2D eigenvalue weighted by atomic mass is 9.78. The minimum Gasteiger partial charge on any atom is -0.458 e. The van der Waals surface area contributed by atoms with E-state index in [1.165, 1.54) is 12.2 Å². The molecule has 99 heavy (non-hydrogen) atoms. The van der Waals surface area contributed by atoms with Crippen LogP contribution in [-0.4, -0.2) is 227 Å². The monoisotopic (exact) mass is 1400 g/mol. The van der Waals surface area contributed by atoms with Crippen LogP contribution in [0.25, 0.3) is 0 Å². The third-order valence-electron chi connectivity index (χ3n) is 22.3. The third-order valence-corrected chi connectivity index (χ3v) is 22.3. The van der Waals surface area contributed by atoms with Gasteiger partial charge in [0.2, 0.25) is 0 Å². The number of aliphatic hydroxyl groups is 9. The Bertz CT molecular complexity index is 2520. The van der Waals surface area contributed by atoms with Crippen molar-refractivity contribution >= 4 is 11.9 Å². The van der Waals surface area contributed by atoms with Gasteiger partial charge in [-0.25, -0.2) is 9.59 Å². The number of carbonyl (C=O) groups is 2. The normalized spacial score (nSPS) is 41.1. The molecule has 5 rings (SSSR count). The summed E-state index contributed by atoms with van der Waals surface area (Å²) < 4.78 is 61.1. The van der Waals surface area contributed by atoms with Crippen molar-refractivity contribution < 1.29 is 103 Å². The fourth-order valence-corrected chi connectivity index (χ4v) is 15.4. The molecule has 5 aliphatic heterocycles. The van der Waals surface area contributed by atoms with Gasteiger partial charge >= 0.3 is 11.9 Å². The molecule has 21 heteroatoms. The highest BCUT2D eigenvalue weighted by Crippen LogP contribution is 2.37. The molecule has 2 saturated heterocycles. The highest BCUT2D eigenvalue weighted by atomic mass is 16.6. The maximum absolute atomic E-state index is 13.9. The van der Waals surface area contributed by atoms with Crippen LogP contribution >= 0.6 is 0 Å². The number of rotatable bonds is 16. The molecule has 0 saturated carbocycles. The summed E-state index contributed by atoms with van der Waals surface area (Å²) in [6.07, 6.45) is 9.95. The molecule has 31 atom stereocenters. The molecule has 0 aliphatic carbocycles. The topological polar surface area (TPSA) is 309 Å². The average molecular weight is 1410 g/mol. The Hall–Kier alpha value is -3.30. The van der Waals surface area contributed by atoms with Crippen LogP contribution in [0.3, 0.4) is 0 Å². The molecular weight excluding hydrogens is 1270 g/mol. The second-order valence-corrected chi connectivity index (χ2v) is 30.5. The van der Waals surface area contributed by atoms with Crippen LogP contribution in [0.5, 0.6) is 0 Å². The second-order valence-electron chi connectivity index (χ2n) is 30.5. The van der Waals surface area contributed by atoms with E-state index >= 15 is 0 Å². The highest BCUT2D eigenvalue weighted by molar-refractivity contribution is 5.83. The van der Waals surface area contributed by atoms with Gasteiger partial charge in [0.15, 0.2) is 0 Å². The number of fused-ring (bicyclic) bond motifs is 4. The lowest BCUT2D eigenvalue weighted by Gasteiger charge is -2.39. The van der Waals surface area contributed by atoms with Crippen molar-refractivity contribution in [3.8, 4) is 0 Å². The summed E-state index contributed by atoms with van der Waals surface area (Å²) in [6.45, 7) is 22.1. The standard InChI is InChI=1S/C78H132O21/c1-44-23-28-56(79)36-58-20-18-22-61(97-58)40-71(93-16)51(8)66(82)43-68(84)53(10)78(55(12)76(89)47(4)33-69(85)72-41-64(91-14)35-49(6)95-72)99-74(87)32-26-45(2)24-29-57(80)37-59-19-17-21-60(96-59)39-70(92-15)50(7)65(81)42-67(83)52(9)77(98-73(86)31-25-44)54(11)75(88)46(3)27-30-62-38-63(90-13)34-48(5)94-62/h17-20,23-26,31-32,46-72,75-85,88-89H,21-22,27-30,33-43H2,1-16H3/b31-25+,32-26+,44-23+,45-24+/t46-,47-,48-,49-,50+,51-,52?,53-,54-,55-,56-,57-,58-,59-,60-,61-,62-,63+,64+,65+,66+,67+,68+,69?,70-,71+,72+,75-,76-,77-,78-/m0/s1. The average Bonchev–Trinajstić information content (AvgIpc) is 0.855. The molecule has 0 aromatic heterocycles. The van der Waals surface area contributed by atoms with Crippen molar-refractivity contribution in [1.82, 2.24) is 0 Å². The molecule has 0 aromatic carbocycles. The SMILES string of the molecule is CO[C@@H]1C[C@H](C)O[C@@H](C(O)C[C@H](C)[C@H](O)[C@H](C)[C@H]2OC(=O)/C=C/C(C)=C/C[C@H](O)C[C@@H]3C=CC[C@@H](C[C@H](OC)[C@H](C)[C@H](O)C[C@@H](O)C(C)[C@@H]([C@@H](C)[C@@H](O)[C@@H](C)CC[C@H]4C[C@H](OC)C[C@H](C)O4)OC(=O)/C=C/C(C)=C/C[C@H](O)C[C@@H]4C=CC[C@@H](C[C@@H](OC)[C@@H](C)[C@H](O)C[C@@H](O)[C@@H]2C)O4)O3)C1. The van der Waals surface area contributed by atoms with E-state index in [0.29, 0.717) is 62.5 Å². The summed E-state index contributed by atoms with van der Waals surface area (Å²) in [6, 6.07) is 0. The van der Waals surface area contributed by atoms with E-state index in [1.54, 1.807) is 81.3 Å². The molecule has 570 valence electrons. The van der Waals surface area contributed by atoms with Crippen molar-refractivity contribution in [1.29, 1.82) is 0 Å². The Balaban J connectivity index is 1.37. The van der Waals surface area contributed by atoms with Gasteiger partial charge < -0.3 is 93.3 Å². The first-order valence-corrected chi connectivity index (χ1v) is 37.1. The summed E-state index contributed by atoms with van der Waals surface area (Å²) in [4.78, 5) is 27.8. The number of cyclic esters (lactones) is 2. The van der Waals surface area contributed by atoms with Gasteiger partial charge in [0.25, 0.3) is 0 Å². The Morgan fingerprint density at radius 1 is 0.475 bits per heavy atom. The third kappa shape index (κ3) is 28.3. The predicted molar refractivity (Wildman–Crippen MR) is 379 cm³/mol. The minimum absolute atomic E-state index is 0.0334. The van der Waals surface area contributed by atoms with E-state index in [0.717, 1.165) is 12.8 Å². The van der Waals surface area contributed by atoms with Crippen molar-refractivity contribution in [2.75, 3.05) is 28.4 Å². The fourth-order valence-electron chi connectivity index (χ4n) is 15.4. The Morgan fingerprint density at radius 3 is 1.32 bits per heavy atom. The smallest absolute Gasteiger partial charge is 0.331 e. The quantitative estimate of drug-likeness (QED) is 0.0514. The van der Waals surface area contributed by atoms with E-state index in [1.807, 2.05) is 78.8 Å². The highest BCUT2D eigenvalue weighted by Gasteiger charge is 2.43. The van der Waals surface area contributed by atoms with Crippen LogP contribution in [0, 0.1) is 47.3 Å². The van der Waals surface area contributed by atoms with Gasteiger partial charge in [-0.3, -0.25) is 0 Å². The zero-order valence-electron chi connectivity index (χ0n) is 62.6. The zero-order valence-corrected chi connectivity index (χ0v) is 62.6. The summed E-state index contributed by atoms with van der Waals surface area (Å²) in [7, 11) is 6.48. The van der Waals surface area contributed by atoms with Crippen molar-refractivity contribution in [3.63, 3.8) is 0 Å². The lowest BCUT2D eigenvalue weighted by Crippen LogP contribution is -2.47. The maximum atomic E-state index is 13.9. The second kappa shape index (κ2) is 43.2. The first-order chi connectivity index (χ1) is 46.8. The molecule has 4 bridgehead atoms. The molecule has 9 N–H and O–H groups in total. The Morgan fingerprint density at radius 2 is 0.889 bits per heavy atom. The molecule has 0 amide bonds. The molecule has 2 unspecified atom stereocenters. The number of hydrogen-bond donors (Lipinski definition) is 9. The van der Waals surface area contributed by atoms with Gasteiger partial charge in [0, 0.05) is 108 Å². The molecule has 0 aromatic rings. The van der Waals surface area contributed by atoms with Crippen LogP contribution in [0.4, 0.5) is 0 Å². The van der Waals surface area contributed by atoms with Gasteiger partial charge in [0.1, 0.15) is 12.2 Å². The summed E-state index contributed by atoms with van der Waals surface area (Å²) in [5.41, 5.74) is 1.35. The van der Waals surface area contributed by atoms with Crippen LogP contribution in [0.15, 0.2) is 71.9 Å². The number of allylic oxidation sites excluding steroid dienone is 4. The summed E-state index contributed by atoms with van der Waals surface area (Å²) in [5.74, 6) is -6.08. The number of carbonyl (C=O) groups excluding carboxylic acids is 2. The van der Waals surface area contributed by atoms with E-state index in [9.17, 15) is 55.5 Å². The number of aliphatic hydroxyl groups excluding tert-OH is 9. The molecule has 5 heterocycles. The van der Waals surface area contributed by atoms with Crippen LogP contribution < -0.4 is 0 Å². The number of methoxy groups -OCH3 is 4. The molecule has 5 aliphatic rings. The van der Waals surface area contributed by atoms with Crippen molar-refractivity contribution in [2.24, 2.45) is 47.3 Å². The maximum Gasteiger partial charge on any atom is 0.331 e. The zero-order chi connectivity index (χ0) is 73.4. The first-order valence-electron chi connectivity index (χ1n) is 37.1. The largest absolute Gasteiger partial charge is 0.458 e. The Labute approximate surface area is 592 Å². The van der Waals surface area contributed by atoms with Gasteiger partial charge in [-0.2, -0.15) is 0 Å². The van der Waals surface area contributed by atoms with E-state index in [2.05, 4.69) is 0 Å². The molecule has 0 spiro atoms. The van der Waals surface area contributed by atoms with E-state index in [-0.39, 0.29) is 93.6 Å². The van der Waals surface area contributed by atoms with E-state index in [4.69, 9.17) is 47.4 Å².